The maximum atomic E-state index is 14.4. The lowest BCUT2D eigenvalue weighted by Crippen LogP contribution is -2.00. The summed E-state index contributed by atoms with van der Waals surface area (Å²) in [6.07, 6.45) is 4.28. The first kappa shape index (κ1) is 21.1. The average Bonchev–Trinajstić information content (AvgIpc) is 2.71. The lowest BCUT2D eigenvalue weighted by molar-refractivity contribution is 0.445. The van der Waals surface area contributed by atoms with Crippen molar-refractivity contribution in [2.24, 2.45) is 0 Å². The first-order valence-electron chi connectivity index (χ1n) is 9.94. The fourth-order valence-corrected chi connectivity index (χ4v) is 3.43. The topological polar surface area (TPSA) is 0 Å². The van der Waals surface area contributed by atoms with E-state index in [9.17, 15) is 17.6 Å². The summed E-state index contributed by atoms with van der Waals surface area (Å²) in [4.78, 5) is 0. The molecule has 3 aromatic rings. The van der Waals surface area contributed by atoms with Gasteiger partial charge in [-0.3, -0.25) is 0 Å². The van der Waals surface area contributed by atoms with Crippen LogP contribution in [0.1, 0.15) is 41.2 Å². The van der Waals surface area contributed by atoms with E-state index in [1.807, 2.05) is 6.07 Å². The van der Waals surface area contributed by atoms with Crippen LogP contribution in [-0.2, 0) is 32.1 Å². The fraction of sp³-hybridized carbons (Fsp3) is 0.280. The molecule has 29 heavy (non-hydrogen) atoms. The molecule has 0 atom stereocenters. The molecule has 3 rings (SSSR count). The Morgan fingerprint density at radius 1 is 0.517 bits per heavy atom. The number of aryl methyl sites for hydroxylation is 5. The number of halogens is 4. The zero-order chi connectivity index (χ0) is 20.8. The van der Waals surface area contributed by atoms with E-state index in [1.165, 1.54) is 17.2 Å². The second-order valence-corrected chi connectivity index (χ2v) is 7.37. The third-order valence-corrected chi connectivity index (χ3v) is 5.11. The molecule has 4 heteroatoms. The van der Waals surface area contributed by atoms with Crippen LogP contribution in [0.25, 0.3) is 0 Å². The van der Waals surface area contributed by atoms with E-state index in [-0.39, 0.29) is 18.7 Å². The van der Waals surface area contributed by atoms with Crippen molar-refractivity contribution in [1.29, 1.82) is 0 Å². The van der Waals surface area contributed by atoms with E-state index >= 15 is 0 Å². The van der Waals surface area contributed by atoms with Crippen molar-refractivity contribution in [3.8, 4) is 0 Å². The second-order valence-electron chi connectivity index (χ2n) is 7.37. The van der Waals surface area contributed by atoms with Gasteiger partial charge in [0, 0.05) is 0 Å². The monoisotopic (exact) mass is 400 g/mol. The zero-order valence-electron chi connectivity index (χ0n) is 16.5. The maximum Gasteiger partial charge on any atom is 0.194 e. The Kier molecular flexibility index (Phi) is 7.08. The van der Waals surface area contributed by atoms with Gasteiger partial charge in [0.2, 0.25) is 0 Å². The van der Waals surface area contributed by atoms with Gasteiger partial charge in [-0.1, -0.05) is 49.7 Å². The van der Waals surface area contributed by atoms with E-state index in [2.05, 4.69) is 31.2 Å². The van der Waals surface area contributed by atoms with Crippen LogP contribution in [0.15, 0.2) is 54.6 Å². The Morgan fingerprint density at radius 2 is 1.00 bits per heavy atom. The Balaban J connectivity index is 1.58. The van der Waals surface area contributed by atoms with Crippen LogP contribution in [0.2, 0.25) is 0 Å². The van der Waals surface area contributed by atoms with Gasteiger partial charge in [-0.25, -0.2) is 17.6 Å². The summed E-state index contributed by atoms with van der Waals surface area (Å²) in [5, 5.41) is 0. The van der Waals surface area contributed by atoms with Crippen molar-refractivity contribution < 1.29 is 17.6 Å². The lowest BCUT2D eigenvalue weighted by atomic mass is 9.99. The molecule has 0 radical (unpaired) electrons. The average molecular weight is 400 g/mol. The van der Waals surface area contributed by atoms with E-state index in [0.29, 0.717) is 11.1 Å². The van der Waals surface area contributed by atoms with Crippen LogP contribution < -0.4 is 0 Å². The Labute approximate surface area is 169 Å². The highest BCUT2D eigenvalue weighted by atomic mass is 19.2. The van der Waals surface area contributed by atoms with Crippen LogP contribution >= 0.6 is 0 Å². The molecule has 152 valence electrons. The molecule has 0 spiro atoms. The van der Waals surface area contributed by atoms with Crippen molar-refractivity contribution in [1.82, 2.24) is 0 Å². The summed E-state index contributed by atoms with van der Waals surface area (Å²) in [6, 6.07) is 15.6. The Bertz CT molecular complexity index is 938. The molecule has 0 aliphatic carbocycles. The van der Waals surface area contributed by atoms with Gasteiger partial charge in [0.15, 0.2) is 17.5 Å². The molecule has 0 aromatic heterocycles. The molecule has 0 unspecified atom stereocenters. The minimum Gasteiger partial charge on any atom is -0.207 e. The molecule has 0 fully saturated rings. The molecule has 0 aliphatic heterocycles. The minimum atomic E-state index is -1.48. The first-order valence-corrected chi connectivity index (χ1v) is 9.94. The van der Waals surface area contributed by atoms with Crippen molar-refractivity contribution in [2.45, 2.75) is 45.4 Å². The van der Waals surface area contributed by atoms with Gasteiger partial charge in [-0.05, 0) is 78.1 Å². The van der Waals surface area contributed by atoms with Gasteiger partial charge in [-0.2, -0.15) is 0 Å². The molecule has 0 bridgehead atoms. The highest BCUT2D eigenvalue weighted by molar-refractivity contribution is 5.29. The second kappa shape index (κ2) is 9.73. The third kappa shape index (κ3) is 5.69. The molecule has 0 saturated heterocycles. The SMILES string of the molecule is CCCc1ccc(CCc2ccc(CCc3cc(F)c(F)c(F)c3)c(F)c2)cc1. The van der Waals surface area contributed by atoms with Crippen LogP contribution in [0.3, 0.4) is 0 Å². The van der Waals surface area contributed by atoms with Crippen LogP contribution in [0.5, 0.6) is 0 Å². The number of hydrogen-bond acceptors (Lipinski definition) is 0. The minimum absolute atomic E-state index is 0.231. The quantitative estimate of drug-likeness (QED) is 0.289. The van der Waals surface area contributed by atoms with E-state index in [1.54, 1.807) is 6.07 Å². The normalized spacial score (nSPS) is 11.1. The molecule has 0 aliphatic rings. The predicted octanol–water partition coefficient (Wildman–Crippen LogP) is 6.77. The molecule has 0 heterocycles. The van der Waals surface area contributed by atoms with Crippen LogP contribution in [0.4, 0.5) is 17.6 Å². The standard InChI is InChI=1S/C25H24F4/c1-2-3-17-4-6-18(7-5-17)8-9-19-10-12-21(22(26)14-19)13-11-20-15-23(27)25(29)24(28)16-20/h4-7,10,12,14-16H,2-3,8-9,11,13H2,1H3. The van der Waals surface area contributed by atoms with E-state index in [4.69, 9.17) is 0 Å². The molecular weight excluding hydrogens is 376 g/mol. The predicted molar refractivity (Wildman–Crippen MR) is 108 cm³/mol. The molecule has 0 nitrogen and oxygen atoms in total. The molecular formula is C25H24F4. The highest BCUT2D eigenvalue weighted by Gasteiger charge is 2.11. The molecule has 0 N–H and O–H groups in total. The smallest absolute Gasteiger partial charge is 0.194 e. The van der Waals surface area contributed by atoms with Crippen LogP contribution in [0, 0.1) is 23.3 Å². The van der Waals surface area contributed by atoms with Gasteiger partial charge < -0.3 is 0 Å². The number of hydrogen-bond donors (Lipinski definition) is 0. The maximum absolute atomic E-state index is 14.4. The van der Waals surface area contributed by atoms with Crippen molar-refractivity contribution in [3.63, 3.8) is 0 Å². The van der Waals surface area contributed by atoms with Crippen molar-refractivity contribution >= 4 is 0 Å². The summed E-state index contributed by atoms with van der Waals surface area (Å²) >= 11 is 0. The molecule has 0 saturated carbocycles. The third-order valence-electron chi connectivity index (χ3n) is 5.11. The summed E-state index contributed by atoms with van der Waals surface area (Å²) in [5.41, 5.74) is 4.23. The summed E-state index contributed by atoms with van der Waals surface area (Å²) < 4.78 is 54.0. The highest BCUT2D eigenvalue weighted by Crippen LogP contribution is 2.18. The Morgan fingerprint density at radius 3 is 1.59 bits per heavy atom. The van der Waals surface area contributed by atoms with Gasteiger partial charge in [-0.15, -0.1) is 0 Å². The lowest BCUT2D eigenvalue weighted by Gasteiger charge is -2.08. The summed E-state index contributed by atoms with van der Waals surface area (Å²) in [6.45, 7) is 2.16. The van der Waals surface area contributed by atoms with Gasteiger partial charge in [0.25, 0.3) is 0 Å². The first-order chi connectivity index (χ1) is 14.0. The molecule has 3 aromatic carbocycles. The van der Waals surface area contributed by atoms with Gasteiger partial charge in [0.05, 0.1) is 0 Å². The van der Waals surface area contributed by atoms with E-state index in [0.717, 1.165) is 43.4 Å². The van der Waals surface area contributed by atoms with Crippen LogP contribution in [-0.4, -0.2) is 0 Å². The summed E-state index contributed by atoms with van der Waals surface area (Å²) in [7, 11) is 0. The number of rotatable bonds is 8. The van der Waals surface area contributed by atoms with E-state index < -0.39 is 17.5 Å². The van der Waals surface area contributed by atoms with Crippen molar-refractivity contribution in [2.75, 3.05) is 0 Å². The zero-order valence-corrected chi connectivity index (χ0v) is 16.5. The van der Waals surface area contributed by atoms with Gasteiger partial charge >= 0.3 is 0 Å². The fourth-order valence-electron chi connectivity index (χ4n) is 3.43. The van der Waals surface area contributed by atoms with Crippen molar-refractivity contribution in [3.05, 3.63) is 106 Å². The summed E-state index contributed by atoms with van der Waals surface area (Å²) in [5.74, 6) is -4.26. The number of benzene rings is 3. The van der Waals surface area contributed by atoms with Gasteiger partial charge in [0.1, 0.15) is 5.82 Å². The molecule has 0 amide bonds. The largest absolute Gasteiger partial charge is 0.207 e. The Hall–Kier alpha value is -2.62.